The maximum absolute atomic E-state index is 12.7. The van der Waals surface area contributed by atoms with Crippen molar-refractivity contribution in [3.8, 4) is 28.5 Å². The van der Waals surface area contributed by atoms with Crippen LogP contribution in [0.3, 0.4) is 0 Å². The standard InChI is InChI=1S/C27H20N4O5S/c1-28-24-23(17-6-4-8-20(12-17)34-2)30-27(31-26(24)33)37-14-16-5-3-7-19(11-16)29-25(32)18-9-10-21-22(13-18)36-15-35-21/h3-13H,14-15H2,2H3,(H,29,32)(H,30,31,33). The van der Waals surface area contributed by atoms with Crippen molar-refractivity contribution in [2.24, 2.45) is 0 Å². The summed E-state index contributed by atoms with van der Waals surface area (Å²) >= 11 is 1.32. The first-order valence-corrected chi connectivity index (χ1v) is 12.1. The first kappa shape index (κ1) is 24.0. The molecule has 0 saturated heterocycles. The minimum absolute atomic E-state index is 0.0779. The summed E-state index contributed by atoms with van der Waals surface area (Å²) < 4.78 is 15.9. The molecule has 2 heterocycles. The van der Waals surface area contributed by atoms with Crippen molar-refractivity contribution in [1.82, 2.24) is 9.97 Å². The van der Waals surface area contributed by atoms with Crippen molar-refractivity contribution in [2.75, 3.05) is 19.2 Å². The minimum atomic E-state index is -0.505. The number of methoxy groups -OCH3 is 1. The highest BCUT2D eigenvalue weighted by molar-refractivity contribution is 7.98. The zero-order valence-electron chi connectivity index (χ0n) is 19.6. The second-order valence-electron chi connectivity index (χ2n) is 7.92. The summed E-state index contributed by atoms with van der Waals surface area (Å²) in [5.74, 6) is 1.96. The van der Waals surface area contributed by atoms with Crippen molar-refractivity contribution in [2.45, 2.75) is 10.9 Å². The number of nitrogens with zero attached hydrogens (tertiary/aromatic N) is 2. The molecule has 0 unspecified atom stereocenters. The molecule has 0 aliphatic carbocycles. The highest BCUT2D eigenvalue weighted by atomic mass is 32.2. The number of nitrogens with one attached hydrogen (secondary N) is 2. The van der Waals surface area contributed by atoms with Gasteiger partial charge in [0, 0.05) is 17.0 Å². The van der Waals surface area contributed by atoms with E-state index >= 15 is 0 Å². The van der Waals surface area contributed by atoms with Crippen molar-refractivity contribution in [3.05, 3.63) is 99.6 Å². The predicted octanol–water partition coefficient (Wildman–Crippen LogP) is 5.27. The molecule has 10 heteroatoms. The summed E-state index contributed by atoms with van der Waals surface area (Å²) in [7, 11) is 1.55. The molecule has 184 valence electrons. The van der Waals surface area contributed by atoms with Gasteiger partial charge in [0.1, 0.15) is 5.75 Å². The van der Waals surface area contributed by atoms with Crippen LogP contribution in [0.15, 0.2) is 76.7 Å². The van der Waals surface area contributed by atoms with Gasteiger partial charge in [-0.15, -0.1) is 0 Å². The molecule has 2 N–H and O–H groups in total. The molecule has 0 radical (unpaired) electrons. The van der Waals surface area contributed by atoms with Crippen LogP contribution in [0, 0.1) is 6.57 Å². The van der Waals surface area contributed by atoms with Crippen molar-refractivity contribution < 1.29 is 19.0 Å². The Morgan fingerprint density at radius 1 is 1.14 bits per heavy atom. The molecule has 0 spiro atoms. The number of carbonyl (C=O) groups excluding carboxylic acids is 1. The number of amides is 1. The van der Waals surface area contributed by atoms with E-state index < -0.39 is 5.56 Å². The molecule has 3 aromatic carbocycles. The quantitative estimate of drug-likeness (QED) is 0.197. The Labute approximate surface area is 216 Å². The highest BCUT2D eigenvalue weighted by Gasteiger charge is 2.17. The molecule has 37 heavy (non-hydrogen) atoms. The van der Waals surface area contributed by atoms with Gasteiger partial charge in [-0.1, -0.05) is 36.0 Å². The summed E-state index contributed by atoms with van der Waals surface area (Å²) in [6, 6.07) is 19.5. The Morgan fingerprint density at radius 2 is 1.97 bits per heavy atom. The molecular weight excluding hydrogens is 492 g/mol. The Morgan fingerprint density at radius 3 is 2.81 bits per heavy atom. The lowest BCUT2D eigenvalue weighted by molar-refractivity contribution is 0.102. The summed E-state index contributed by atoms with van der Waals surface area (Å²) in [5, 5.41) is 3.27. The van der Waals surface area contributed by atoms with Crippen molar-refractivity contribution in [3.63, 3.8) is 0 Å². The third-order valence-electron chi connectivity index (χ3n) is 5.52. The number of rotatable bonds is 7. The lowest BCUT2D eigenvalue weighted by atomic mass is 10.1. The lowest BCUT2D eigenvalue weighted by Crippen LogP contribution is -2.12. The molecule has 0 atom stereocenters. The number of H-pyrrole nitrogens is 1. The maximum Gasteiger partial charge on any atom is 0.276 e. The van der Waals surface area contributed by atoms with Gasteiger partial charge < -0.3 is 24.5 Å². The third-order valence-corrected chi connectivity index (χ3v) is 6.47. The topological polar surface area (TPSA) is 107 Å². The van der Waals surface area contributed by atoms with Gasteiger partial charge in [-0.05, 0) is 53.6 Å². The van der Waals surface area contributed by atoms with Gasteiger partial charge in [0.25, 0.3) is 17.2 Å². The molecule has 0 bridgehead atoms. The molecule has 9 nitrogen and oxygen atoms in total. The zero-order chi connectivity index (χ0) is 25.8. The van der Waals surface area contributed by atoms with Crippen LogP contribution in [0.25, 0.3) is 16.1 Å². The van der Waals surface area contributed by atoms with E-state index in [2.05, 4.69) is 20.1 Å². The molecule has 1 aromatic heterocycles. The zero-order valence-corrected chi connectivity index (χ0v) is 20.4. The Kier molecular flexibility index (Phi) is 6.78. The number of benzene rings is 3. The van der Waals surface area contributed by atoms with E-state index in [1.807, 2.05) is 18.2 Å². The summed E-state index contributed by atoms with van der Waals surface area (Å²) in [6.07, 6.45) is 0. The molecule has 1 amide bonds. The van der Waals surface area contributed by atoms with Gasteiger partial charge in [0.05, 0.1) is 19.4 Å². The predicted molar refractivity (Wildman–Crippen MR) is 140 cm³/mol. The number of aromatic nitrogens is 2. The van der Waals surface area contributed by atoms with Crippen LogP contribution in [0.5, 0.6) is 17.2 Å². The Balaban J connectivity index is 1.32. The molecule has 5 rings (SSSR count). The molecule has 0 fully saturated rings. The summed E-state index contributed by atoms with van der Waals surface area (Å²) in [5.41, 5.74) is 2.32. The molecule has 1 aliphatic rings. The van der Waals surface area contributed by atoms with E-state index in [0.29, 0.717) is 50.7 Å². The van der Waals surface area contributed by atoms with Gasteiger partial charge in [-0.25, -0.2) is 9.83 Å². The SMILES string of the molecule is [C-]#[N+]c1c(-c2cccc(OC)c2)nc(SCc2cccc(NC(=O)c3ccc4c(c3)OCO4)c2)[nH]c1=O. The van der Waals surface area contributed by atoms with E-state index in [1.54, 1.807) is 55.6 Å². The number of ether oxygens (including phenoxy) is 3. The minimum Gasteiger partial charge on any atom is -0.497 e. The Hall–Kier alpha value is -4.75. The van der Waals surface area contributed by atoms with E-state index in [-0.39, 0.29) is 18.4 Å². The second-order valence-corrected chi connectivity index (χ2v) is 8.89. The average Bonchev–Trinajstić information content (AvgIpc) is 3.40. The fourth-order valence-corrected chi connectivity index (χ4v) is 4.53. The van der Waals surface area contributed by atoms with E-state index in [0.717, 1.165) is 5.56 Å². The number of aromatic amines is 1. The molecule has 1 aliphatic heterocycles. The van der Waals surface area contributed by atoms with Gasteiger partial charge in [-0.3, -0.25) is 9.59 Å². The van der Waals surface area contributed by atoms with Crippen LogP contribution in [0.2, 0.25) is 0 Å². The smallest absolute Gasteiger partial charge is 0.276 e. The van der Waals surface area contributed by atoms with Crippen molar-refractivity contribution in [1.29, 1.82) is 0 Å². The maximum atomic E-state index is 12.7. The van der Waals surface area contributed by atoms with Gasteiger partial charge in [0.15, 0.2) is 16.7 Å². The highest BCUT2D eigenvalue weighted by Crippen LogP contribution is 2.33. The monoisotopic (exact) mass is 512 g/mol. The number of hydrogen-bond donors (Lipinski definition) is 2. The summed E-state index contributed by atoms with van der Waals surface area (Å²) in [6.45, 7) is 7.58. The fourth-order valence-electron chi connectivity index (χ4n) is 3.72. The van der Waals surface area contributed by atoms with Gasteiger partial charge >= 0.3 is 0 Å². The number of thioether (sulfide) groups is 1. The fraction of sp³-hybridized carbons (Fsp3) is 0.111. The van der Waals surface area contributed by atoms with E-state index in [4.69, 9.17) is 20.8 Å². The third kappa shape index (κ3) is 5.27. The lowest BCUT2D eigenvalue weighted by Gasteiger charge is -2.10. The number of carbonyl (C=O) groups is 1. The Bertz CT molecular complexity index is 1590. The van der Waals surface area contributed by atoms with Gasteiger partial charge in [0.2, 0.25) is 6.79 Å². The van der Waals surface area contributed by atoms with Crippen LogP contribution in [0.1, 0.15) is 15.9 Å². The van der Waals surface area contributed by atoms with E-state index in [9.17, 15) is 9.59 Å². The van der Waals surface area contributed by atoms with Crippen LogP contribution in [-0.4, -0.2) is 29.8 Å². The number of hydrogen-bond acceptors (Lipinski definition) is 7. The molecule has 0 saturated carbocycles. The molecule has 4 aromatic rings. The second kappa shape index (κ2) is 10.5. The summed E-state index contributed by atoms with van der Waals surface area (Å²) in [4.78, 5) is 35.9. The average molecular weight is 513 g/mol. The number of anilines is 1. The first-order valence-electron chi connectivity index (χ1n) is 11.1. The van der Waals surface area contributed by atoms with E-state index in [1.165, 1.54) is 11.8 Å². The number of fused-ring (bicyclic) bond motifs is 1. The molecular formula is C27H20N4O5S. The largest absolute Gasteiger partial charge is 0.497 e. The van der Waals surface area contributed by atoms with Crippen molar-refractivity contribution >= 4 is 29.0 Å². The van der Waals surface area contributed by atoms with Crippen LogP contribution < -0.4 is 25.1 Å². The normalized spacial score (nSPS) is 11.6. The first-order chi connectivity index (χ1) is 18.0. The van der Waals surface area contributed by atoms with Crippen LogP contribution in [0.4, 0.5) is 11.4 Å². The van der Waals surface area contributed by atoms with Gasteiger partial charge in [-0.2, -0.15) is 0 Å². The van der Waals surface area contributed by atoms with Crippen LogP contribution >= 0.6 is 11.8 Å². The van der Waals surface area contributed by atoms with Crippen LogP contribution in [-0.2, 0) is 5.75 Å².